The van der Waals surface area contributed by atoms with Crippen LogP contribution < -0.4 is 5.32 Å². The summed E-state index contributed by atoms with van der Waals surface area (Å²) in [5.74, 6) is -0.220. The van der Waals surface area contributed by atoms with Gasteiger partial charge in [-0.3, -0.25) is 4.79 Å². The van der Waals surface area contributed by atoms with Crippen molar-refractivity contribution in [2.24, 2.45) is 0 Å². The van der Waals surface area contributed by atoms with Crippen molar-refractivity contribution < 1.29 is 14.4 Å². The largest absolute Gasteiger partial charge is 0.396 e. The van der Waals surface area contributed by atoms with Crippen molar-refractivity contribution in [3.63, 3.8) is 0 Å². The minimum absolute atomic E-state index is 0.0322. The van der Waals surface area contributed by atoms with Gasteiger partial charge in [0.05, 0.1) is 0 Å². The molecule has 2 aromatic rings. The third-order valence-electron chi connectivity index (χ3n) is 2.47. The topological polar surface area (TPSA) is 75.4 Å². The zero-order chi connectivity index (χ0) is 13.7. The fourth-order valence-electron chi connectivity index (χ4n) is 1.53. The lowest BCUT2D eigenvalue weighted by molar-refractivity contribution is 0.0914. The Morgan fingerprint density at radius 2 is 2.26 bits per heavy atom. The Bertz CT molecular complexity index is 569. The maximum atomic E-state index is 11.7. The lowest BCUT2D eigenvalue weighted by Crippen LogP contribution is -2.24. The summed E-state index contributed by atoms with van der Waals surface area (Å²) >= 11 is 5.89. The van der Waals surface area contributed by atoms with E-state index in [9.17, 15) is 4.79 Å². The molecule has 0 spiro atoms. The number of hydrogen-bond donors (Lipinski definition) is 2. The summed E-state index contributed by atoms with van der Waals surface area (Å²) in [7, 11) is 0. The Balaban J connectivity index is 2.08. The number of amides is 1. The van der Waals surface area contributed by atoms with Crippen molar-refractivity contribution in [2.45, 2.75) is 6.42 Å². The van der Waals surface area contributed by atoms with Gasteiger partial charge in [-0.1, -0.05) is 28.9 Å². The number of nitrogens with one attached hydrogen (secondary N) is 1. The van der Waals surface area contributed by atoms with Gasteiger partial charge in [0.25, 0.3) is 5.91 Å². The van der Waals surface area contributed by atoms with E-state index in [1.165, 1.54) is 0 Å². The summed E-state index contributed by atoms with van der Waals surface area (Å²) in [6.45, 7) is 0.424. The first-order valence-corrected chi connectivity index (χ1v) is 6.20. The van der Waals surface area contributed by atoms with E-state index in [1.807, 2.05) is 6.07 Å². The number of rotatable bonds is 5. The fraction of sp³-hybridized carbons (Fsp3) is 0.231. The molecule has 0 unspecified atom stereocenters. The first kappa shape index (κ1) is 13.6. The zero-order valence-corrected chi connectivity index (χ0v) is 10.9. The van der Waals surface area contributed by atoms with Crippen LogP contribution in [0.1, 0.15) is 17.0 Å². The molecular formula is C13H13ClN2O3. The van der Waals surface area contributed by atoms with E-state index in [1.54, 1.807) is 24.3 Å². The van der Waals surface area contributed by atoms with Crippen LogP contribution in [0.5, 0.6) is 0 Å². The average molecular weight is 281 g/mol. The molecular weight excluding hydrogens is 268 g/mol. The van der Waals surface area contributed by atoms with Gasteiger partial charge >= 0.3 is 0 Å². The Morgan fingerprint density at radius 3 is 3.00 bits per heavy atom. The molecule has 1 aromatic heterocycles. The molecule has 0 aliphatic carbocycles. The maximum Gasteiger partial charge on any atom is 0.289 e. The third kappa shape index (κ3) is 3.56. The highest BCUT2D eigenvalue weighted by molar-refractivity contribution is 6.30. The summed E-state index contributed by atoms with van der Waals surface area (Å²) in [6.07, 6.45) is 0.501. The highest BCUT2D eigenvalue weighted by Crippen LogP contribution is 2.22. The molecule has 2 N–H and O–H groups in total. The van der Waals surface area contributed by atoms with Crippen molar-refractivity contribution in [1.82, 2.24) is 10.5 Å². The number of aliphatic hydroxyl groups excluding tert-OH is 1. The molecule has 1 aromatic carbocycles. The summed E-state index contributed by atoms with van der Waals surface area (Å²) in [5, 5.41) is 15.7. The Morgan fingerprint density at radius 1 is 1.42 bits per heavy atom. The van der Waals surface area contributed by atoms with Crippen LogP contribution in [0.2, 0.25) is 5.02 Å². The van der Waals surface area contributed by atoms with Crippen molar-refractivity contribution in [3.05, 3.63) is 41.1 Å². The standard InChI is InChI=1S/C13H13ClN2O3/c14-10-4-1-3-9(7-10)11-8-12(19-16-11)13(18)15-5-2-6-17/h1,3-4,7-8,17H,2,5-6H2,(H,15,18). The molecule has 6 heteroatoms. The average Bonchev–Trinajstić information content (AvgIpc) is 2.88. The summed E-state index contributed by atoms with van der Waals surface area (Å²) in [6, 6.07) is 8.69. The van der Waals surface area contributed by atoms with Gasteiger partial charge in [-0.15, -0.1) is 0 Å². The van der Waals surface area contributed by atoms with E-state index >= 15 is 0 Å². The minimum Gasteiger partial charge on any atom is -0.396 e. The van der Waals surface area contributed by atoms with Crippen LogP contribution in [0.25, 0.3) is 11.3 Å². The molecule has 0 saturated carbocycles. The number of carbonyl (C=O) groups is 1. The van der Waals surface area contributed by atoms with Crippen LogP contribution in [0, 0.1) is 0 Å². The molecule has 0 bridgehead atoms. The van der Waals surface area contributed by atoms with Gasteiger partial charge in [0.15, 0.2) is 0 Å². The predicted molar refractivity (Wildman–Crippen MR) is 71.0 cm³/mol. The van der Waals surface area contributed by atoms with Gasteiger partial charge < -0.3 is 14.9 Å². The third-order valence-corrected chi connectivity index (χ3v) is 2.71. The quantitative estimate of drug-likeness (QED) is 0.823. The molecule has 5 nitrogen and oxygen atoms in total. The molecule has 19 heavy (non-hydrogen) atoms. The van der Waals surface area contributed by atoms with E-state index in [-0.39, 0.29) is 18.3 Å². The van der Waals surface area contributed by atoms with E-state index < -0.39 is 0 Å². The van der Waals surface area contributed by atoms with Gasteiger partial charge in [-0.25, -0.2) is 0 Å². The minimum atomic E-state index is -0.353. The summed E-state index contributed by atoms with van der Waals surface area (Å²) in [5.41, 5.74) is 1.33. The van der Waals surface area contributed by atoms with Gasteiger partial charge in [0, 0.05) is 29.8 Å². The molecule has 2 rings (SSSR count). The predicted octanol–water partition coefficient (Wildman–Crippen LogP) is 2.11. The summed E-state index contributed by atoms with van der Waals surface area (Å²) < 4.78 is 4.98. The van der Waals surface area contributed by atoms with Crippen LogP contribution >= 0.6 is 11.6 Å². The van der Waals surface area contributed by atoms with Crippen LogP contribution in [-0.4, -0.2) is 29.3 Å². The lowest BCUT2D eigenvalue weighted by Gasteiger charge is -1.99. The van der Waals surface area contributed by atoms with Gasteiger partial charge in [-0.05, 0) is 18.6 Å². The SMILES string of the molecule is O=C(NCCCO)c1cc(-c2cccc(Cl)c2)no1. The van der Waals surface area contributed by atoms with Crippen LogP contribution in [0.3, 0.4) is 0 Å². The van der Waals surface area contributed by atoms with E-state index in [0.29, 0.717) is 23.7 Å². The molecule has 100 valence electrons. The highest BCUT2D eigenvalue weighted by Gasteiger charge is 2.13. The van der Waals surface area contributed by atoms with Gasteiger partial charge in [0.1, 0.15) is 5.69 Å². The molecule has 0 radical (unpaired) electrons. The second kappa shape index (κ2) is 6.36. The number of aromatic nitrogens is 1. The van der Waals surface area contributed by atoms with Crippen molar-refractivity contribution >= 4 is 17.5 Å². The molecule has 1 amide bonds. The number of carbonyl (C=O) groups excluding carboxylic acids is 1. The van der Waals surface area contributed by atoms with Crippen LogP contribution in [0.4, 0.5) is 0 Å². The van der Waals surface area contributed by atoms with Crippen molar-refractivity contribution in [2.75, 3.05) is 13.2 Å². The molecule has 0 aliphatic heterocycles. The molecule has 0 fully saturated rings. The van der Waals surface area contributed by atoms with Gasteiger partial charge in [0.2, 0.25) is 5.76 Å². The van der Waals surface area contributed by atoms with Crippen molar-refractivity contribution in [1.29, 1.82) is 0 Å². The fourth-order valence-corrected chi connectivity index (χ4v) is 1.72. The van der Waals surface area contributed by atoms with Crippen LogP contribution in [-0.2, 0) is 0 Å². The second-order valence-electron chi connectivity index (χ2n) is 3.92. The van der Waals surface area contributed by atoms with E-state index in [0.717, 1.165) is 5.56 Å². The Hall–Kier alpha value is -1.85. The Kier molecular flexibility index (Phi) is 4.54. The normalized spacial score (nSPS) is 10.4. The smallest absolute Gasteiger partial charge is 0.289 e. The number of hydrogen-bond acceptors (Lipinski definition) is 4. The molecule has 0 aliphatic rings. The number of aliphatic hydroxyl groups is 1. The first-order valence-electron chi connectivity index (χ1n) is 5.82. The monoisotopic (exact) mass is 280 g/mol. The van der Waals surface area contributed by atoms with Crippen LogP contribution in [0.15, 0.2) is 34.9 Å². The zero-order valence-electron chi connectivity index (χ0n) is 10.1. The van der Waals surface area contributed by atoms with Gasteiger partial charge in [-0.2, -0.15) is 0 Å². The second-order valence-corrected chi connectivity index (χ2v) is 4.36. The van der Waals surface area contributed by atoms with E-state index in [4.69, 9.17) is 21.2 Å². The molecule has 1 heterocycles. The molecule has 0 saturated heterocycles. The Labute approximate surface area is 115 Å². The number of halogens is 1. The number of benzene rings is 1. The summed E-state index contributed by atoms with van der Waals surface area (Å²) in [4.78, 5) is 11.7. The maximum absolute atomic E-state index is 11.7. The number of nitrogens with zero attached hydrogens (tertiary/aromatic N) is 1. The lowest BCUT2D eigenvalue weighted by atomic mass is 10.1. The molecule has 0 atom stereocenters. The van der Waals surface area contributed by atoms with E-state index in [2.05, 4.69) is 10.5 Å². The highest BCUT2D eigenvalue weighted by atomic mass is 35.5. The first-order chi connectivity index (χ1) is 9.20. The van der Waals surface area contributed by atoms with Crippen molar-refractivity contribution in [3.8, 4) is 11.3 Å².